The van der Waals surface area contributed by atoms with Gasteiger partial charge in [0.25, 0.3) is 0 Å². The van der Waals surface area contributed by atoms with Crippen LogP contribution in [0, 0.1) is 0 Å². The maximum absolute atomic E-state index is 11.7. The molecule has 1 saturated heterocycles. The second kappa shape index (κ2) is 6.71. The van der Waals surface area contributed by atoms with Gasteiger partial charge in [0.05, 0.1) is 11.5 Å². The molecule has 3 nitrogen and oxygen atoms in total. The van der Waals surface area contributed by atoms with E-state index < -0.39 is 9.84 Å². The molecule has 1 aromatic rings. The molecule has 2 fully saturated rings. The third-order valence-corrected chi connectivity index (χ3v) is 7.06. The summed E-state index contributed by atoms with van der Waals surface area (Å²) >= 11 is 1.95. The second-order valence-electron chi connectivity index (χ2n) is 6.06. The molecule has 0 radical (unpaired) electrons. The van der Waals surface area contributed by atoms with Crippen molar-refractivity contribution in [1.82, 2.24) is 4.90 Å². The number of thioether (sulfide) groups is 1. The minimum Gasteiger partial charge on any atom is -0.296 e. The molecule has 5 heteroatoms. The average Bonchev–Trinajstić information content (AvgIpc) is 3.24. The number of hydrogen-bond acceptors (Lipinski definition) is 4. The van der Waals surface area contributed by atoms with Crippen molar-refractivity contribution in [3.63, 3.8) is 0 Å². The van der Waals surface area contributed by atoms with Crippen molar-refractivity contribution in [3.05, 3.63) is 35.9 Å². The first-order valence-corrected chi connectivity index (χ1v) is 10.7. The highest BCUT2D eigenvalue weighted by molar-refractivity contribution is 7.98. The molecular weight excluding hydrogens is 302 g/mol. The van der Waals surface area contributed by atoms with Crippen LogP contribution in [0.5, 0.6) is 0 Å². The maximum Gasteiger partial charge on any atom is 0.151 e. The number of hydrogen-bond donors (Lipinski definition) is 0. The summed E-state index contributed by atoms with van der Waals surface area (Å²) in [5, 5.41) is 0. The summed E-state index contributed by atoms with van der Waals surface area (Å²) in [6.45, 7) is 1.03. The van der Waals surface area contributed by atoms with Crippen molar-refractivity contribution in [2.75, 3.05) is 23.8 Å². The van der Waals surface area contributed by atoms with Crippen molar-refractivity contribution in [2.24, 2.45) is 0 Å². The highest BCUT2D eigenvalue weighted by Crippen LogP contribution is 2.32. The van der Waals surface area contributed by atoms with Crippen LogP contribution < -0.4 is 0 Å². The zero-order valence-corrected chi connectivity index (χ0v) is 13.9. The van der Waals surface area contributed by atoms with E-state index in [1.807, 2.05) is 17.8 Å². The van der Waals surface area contributed by atoms with Crippen molar-refractivity contribution < 1.29 is 8.42 Å². The van der Waals surface area contributed by atoms with Gasteiger partial charge in [0.15, 0.2) is 9.84 Å². The fourth-order valence-corrected chi connectivity index (χ4v) is 5.70. The molecule has 0 spiro atoms. The van der Waals surface area contributed by atoms with Crippen LogP contribution in [-0.4, -0.2) is 49.2 Å². The SMILES string of the molecule is O=S1(=O)CC[C@H](N(CCSCc2ccccc2)C2CC2)C1. The predicted molar refractivity (Wildman–Crippen MR) is 89.4 cm³/mol. The summed E-state index contributed by atoms with van der Waals surface area (Å²) in [5.41, 5.74) is 1.36. The van der Waals surface area contributed by atoms with Gasteiger partial charge in [0.2, 0.25) is 0 Å². The maximum atomic E-state index is 11.7. The van der Waals surface area contributed by atoms with Crippen LogP contribution in [-0.2, 0) is 15.6 Å². The van der Waals surface area contributed by atoms with Gasteiger partial charge in [0, 0.05) is 30.1 Å². The van der Waals surface area contributed by atoms with Crippen LogP contribution in [0.25, 0.3) is 0 Å². The van der Waals surface area contributed by atoms with E-state index in [0.717, 1.165) is 24.5 Å². The Morgan fingerprint density at radius 2 is 1.86 bits per heavy atom. The lowest BCUT2D eigenvalue weighted by Gasteiger charge is -2.27. The molecule has 2 aliphatic rings. The van der Waals surface area contributed by atoms with Crippen LogP contribution in [0.2, 0.25) is 0 Å². The monoisotopic (exact) mass is 325 g/mol. The molecule has 21 heavy (non-hydrogen) atoms. The van der Waals surface area contributed by atoms with E-state index in [2.05, 4.69) is 29.2 Å². The third kappa shape index (κ3) is 4.47. The molecule has 1 aliphatic carbocycles. The molecule has 1 saturated carbocycles. The first kappa shape index (κ1) is 15.4. The fourth-order valence-electron chi connectivity index (χ4n) is 3.04. The summed E-state index contributed by atoms with van der Waals surface area (Å²) in [7, 11) is -2.77. The molecule has 0 N–H and O–H groups in total. The number of rotatable bonds is 7. The lowest BCUT2D eigenvalue weighted by atomic mass is 10.2. The summed E-state index contributed by atoms with van der Waals surface area (Å²) in [6, 6.07) is 11.5. The standard InChI is InChI=1S/C16H23NO2S2/c18-21(19)11-8-16(13-21)17(15-6-7-15)9-10-20-12-14-4-2-1-3-5-14/h1-5,15-16H,6-13H2/t16-/m0/s1. The quantitative estimate of drug-likeness (QED) is 0.722. The van der Waals surface area contributed by atoms with E-state index in [-0.39, 0.29) is 6.04 Å². The number of nitrogens with zero attached hydrogens (tertiary/aromatic N) is 1. The highest BCUT2D eigenvalue weighted by atomic mass is 32.2. The van der Waals surface area contributed by atoms with Crippen molar-refractivity contribution in [1.29, 1.82) is 0 Å². The van der Waals surface area contributed by atoms with Gasteiger partial charge >= 0.3 is 0 Å². The fraction of sp³-hybridized carbons (Fsp3) is 0.625. The minimum absolute atomic E-state index is 0.278. The molecule has 0 amide bonds. The van der Waals surface area contributed by atoms with Gasteiger partial charge in [-0.3, -0.25) is 4.90 Å². The Morgan fingerprint density at radius 1 is 1.10 bits per heavy atom. The predicted octanol–water partition coefficient (Wildman–Crippen LogP) is 2.57. The number of benzene rings is 1. The van der Waals surface area contributed by atoms with E-state index in [0.29, 0.717) is 17.5 Å². The molecule has 1 atom stereocenters. The molecule has 0 bridgehead atoms. The van der Waals surface area contributed by atoms with Gasteiger partial charge in [-0.25, -0.2) is 8.42 Å². The smallest absolute Gasteiger partial charge is 0.151 e. The highest BCUT2D eigenvalue weighted by Gasteiger charge is 2.39. The lowest BCUT2D eigenvalue weighted by Crippen LogP contribution is -2.39. The Kier molecular flexibility index (Phi) is 4.92. The Morgan fingerprint density at radius 3 is 2.48 bits per heavy atom. The van der Waals surface area contributed by atoms with Gasteiger partial charge in [0.1, 0.15) is 0 Å². The van der Waals surface area contributed by atoms with Crippen molar-refractivity contribution >= 4 is 21.6 Å². The summed E-state index contributed by atoms with van der Waals surface area (Å²) in [5.74, 6) is 2.90. The normalized spacial score (nSPS) is 24.5. The van der Waals surface area contributed by atoms with Crippen LogP contribution in [0.1, 0.15) is 24.8 Å². The Balaban J connectivity index is 1.46. The number of sulfone groups is 1. The summed E-state index contributed by atoms with van der Waals surface area (Å²) in [6.07, 6.45) is 3.34. The van der Waals surface area contributed by atoms with E-state index in [4.69, 9.17) is 0 Å². The topological polar surface area (TPSA) is 37.4 Å². The molecule has 116 valence electrons. The van der Waals surface area contributed by atoms with Crippen LogP contribution in [0.4, 0.5) is 0 Å². The zero-order valence-electron chi connectivity index (χ0n) is 12.3. The molecule has 0 aromatic heterocycles. The van der Waals surface area contributed by atoms with Gasteiger partial charge in [-0.1, -0.05) is 30.3 Å². The molecule has 1 aliphatic heterocycles. The average molecular weight is 325 g/mol. The Hall–Kier alpha value is -0.520. The van der Waals surface area contributed by atoms with Gasteiger partial charge in [-0.2, -0.15) is 11.8 Å². The molecule has 1 heterocycles. The van der Waals surface area contributed by atoms with E-state index in [1.54, 1.807) is 0 Å². The first-order valence-electron chi connectivity index (χ1n) is 7.72. The Labute approximate surface area is 132 Å². The molecular formula is C16H23NO2S2. The van der Waals surface area contributed by atoms with Crippen molar-refractivity contribution in [3.8, 4) is 0 Å². The lowest BCUT2D eigenvalue weighted by molar-refractivity contribution is 0.215. The summed E-state index contributed by atoms with van der Waals surface area (Å²) < 4.78 is 23.3. The second-order valence-corrected chi connectivity index (χ2v) is 9.40. The van der Waals surface area contributed by atoms with Crippen LogP contribution in [0.15, 0.2) is 30.3 Å². The molecule has 3 rings (SSSR count). The van der Waals surface area contributed by atoms with Crippen LogP contribution >= 0.6 is 11.8 Å². The van der Waals surface area contributed by atoms with Crippen LogP contribution in [0.3, 0.4) is 0 Å². The first-order chi connectivity index (χ1) is 10.1. The minimum atomic E-state index is -2.77. The van der Waals surface area contributed by atoms with E-state index >= 15 is 0 Å². The third-order valence-electron chi connectivity index (χ3n) is 4.30. The van der Waals surface area contributed by atoms with Gasteiger partial charge < -0.3 is 0 Å². The van der Waals surface area contributed by atoms with E-state index in [9.17, 15) is 8.42 Å². The van der Waals surface area contributed by atoms with Gasteiger partial charge in [-0.15, -0.1) is 0 Å². The largest absolute Gasteiger partial charge is 0.296 e. The van der Waals surface area contributed by atoms with E-state index in [1.165, 1.54) is 18.4 Å². The molecule has 0 unspecified atom stereocenters. The van der Waals surface area contributed by atoms with Crippen molar-refractivity contribution in [2.45, 2.75) is 37.1 Å². The Bertz CT molecular complexity index is 555. The zero-order chi connectivity index (χ0) is 14.7. The van der Waals surface area contributed by atoms with Gasteiger partial charge in [-0.05, 0) is 24.8 Å². The molecule has 1 aromatic carbocycles. The summed E-state index contributed by atoms with van der Waals surface area (Å²) in [4.78, 5) is 2.47.